The Labute approximate surface area is 130 Å². The number of benzene rings is 1. The number of nitrogens with zero attached hydrogens (tertiary/aromatic N) is 1. The van der Waals surface area contributed by atoms with E-state index in [4.69, 9.17) is 0 Å². The highest BCUT2D eigenvalue weighted by Gasteiger charge is 2.07. The first kappa shape index (κ1) is 15.9. The molecule has 3 amide bonds. The fourth-order valence-electron chi connectivity index (χ4n) is 1.58. The van der Waals surface area contributed by atoms with Crippen LogP contribution in [0.25, 0.3) is 0 Å². The lowest BCUT2D eigenvalue weighted by Crippen LogP contribution is -2.39. The van der Waals surface area contributed by atoms with Crippen molar-refractivity contribution in [2.75, 3.05) is 11.9 Å². The molecule has 3 N–H and O–H groups in total. The quantitative estimate of drug-likeness (QED) is 0.787. The minimum atomic E-state index is -0.477. The summed E-state index contributed by atoms with van der Waals surface area (Å²) in [4.78, 5) is 27.3. The van der Waals surface area contributed by atoms with Gasteiger partial charge in [0.2, 0.25) is 5.91 Å². The zero-order valence-corrected chi connectivity index (χ0v) is 12.7. The molecule has 0 unspecified atom stereocenters. The van der Waals surface area contributed by atoms with Gasteiger partial charge < -0.3 is 16.0 Å². The number of amides is 3. The average Bonchev–Trinajstić information content (AvgIpc) is 2.89. The molecule has 1 heterocycles. The van der Waals surface area contributed by atoms with Gasteiger partial charge >= 0.3 is 6.03 Å². The molecular weight excluding hydrogens is 307 g/mol. The molecule has 0 aliphatic rings. The smallest absolute Gasteiger partial charge is 0.315 e. The summed E-state index contributed by atoms with van der Waals surface area (Å²) in [6, 6.07) is 5.31. The molecular formula is C14H15FN4O2S. The van der Waals surface area contributed by atoms with Crippen LogP contribution in [-0.2, 0) is 11.3 Å². The van der Waals surface area contributed by atoms with Crippen molar-refractivity contribution < 1.29 is 14.0 Å². The average molecular weight is 322 g/mol. The van der Waals surface area contributed by atoms with Crippen LogP contribution in [0.4, 0.5) is 14.3 Å². The summed E-state index contributed by atoms with van der Waals surface area (Å²) in [6.45, 7) is 1.92. The number of hydrogen-bond acceptors (Lipinski definition) is 4. The maximum atomic E-state index is 12.7. The van der Waals surface area contributed by atoms with E-state index in [1.807, 2.05) is 12.3 Å². The second kappa shape index (κ2) is 7.51. The Hall–Kier alpha value is -2.48. The zero-order valence-electron chi connectivity index (χ0n) is 11.9. The van der Waals surface area contributed by atoms with E-state index in [-0.39, 0.29) is 24.8 Å². The van der Waals surface area contributed by atoms with Gasteiger partial charge in [0.15, 0.2) is 5.13 Å². The van der Waals surface area contributed by atoms with Crippen molar-refractivity contribution in [3.63, 3.8) is 0 Å². The number of nitrogens with one attached hydrogen (secondary N) is 3. The highest BCUT2D eigenvalue weighted by molar-refractivity contribution is 7.13. The van der Waals surface area contributed by atoms with Gasteiger partial charge in [0.1, 0.15) is 5.82 Å². The Kier molecular flexibility index (Phi) is 5.42. The SMILES string of the molecule is Cc1csc(NC(=O)CNC(=O)NCc2ccc(F)cc2)n1. The lowest BCUT2D eigenvalue weighted by molar-refractivity contribution is -0.115. The molecule has 6 nitrogen and oxygen atoms in total. The van der Waals surface area contributed by atoms with Crippen molar-refractivity contribution in [1.29, 1.82) is 0 Å². The lowest BCUT2D eigenvalue weighted by atomic mass is 10.2. The standard InChI is InChI=1S/C14H15FN4O2S/c1-9-8-22-14(18-9)19-12(20)7-17-13(21)16-6-10-2-4-11(15)5-3-10/h2-5,8H,6-7H2,1H3,(H2,16,17,21)(H,18,19,20). The second-order valence-electron chi connectivity index (χ2n) is 4.50. The third-order valence-electron chi connectivity index (χ3n) is 2.64. The third kappa shape index (κ3) is 5.13. The number of rotatable bonds is 5. The Balaban J connectivity index is 1.68. The molecule has 1 aromatic heterocycles. The highest BCUT2D eigenvalue weighted by Crippen LogP contribution is 2.13. The number of halogens is 1. The highest BCUT2D eigenvalue weighted by atomic mass is 32.1. The van der Waals surface area contributed by atoms with Crippen LogP contribution in [0.1, 0.15) is 11.3 Å². The van der Waals surface area contributed by atoms with Crippen molar-refractivity contribution >= 4 is 28.4 Å². The van der Waals surface area contributed by atoms with E-state index in [1.54, 1.807) is 12.1 Å². The first-order valence-electron chi connectivity index (χ1n) is 6.51. The van der Waals surface area contributed by atoms with Crippen molar-refractivity contribution in [2.24, 2.45) is 0 Å². The van der Waals surface area contributed by atoms with E-state index >= 15 is 0 Å². The number of anilines is 1. The van der Waals surface area contributed by atoms with E-state index < -0.39 is 6.03 Å². The van der Waals surface area contributed by atoms with Crippen molar-refractivity contribution in [1.82, 2.24) is 15.6 Å². The lowest BCUT2D eigenvalue weighted by Gasteiger charge is -2.07. The van der Waals surface area contributed by atoms with Gasteiger partial charge in [-0.2, -0.15) is 0 Å². The maximum Gasteiger partial charge on any atom is 0.315 e. The summed E-state index contributed by atoms with van der Waals surface area (Å²) in [5, 5.41) is 9.90. The van der Waals surface area contributed by atoms with Crippen LogP contribution >= 0.6 is 11.3 Å². The van der Waals surface area contributed by atoms with Crippen LogP contribution in [-0.4, -0.2) is 23.5 Å². The molecule has 22 heavy (non-hydrogen) atoms. The van der Waals surface area contributed by atoms with Crippen LogP contribution in [0.3, 0.4) is 0 Å². The van der Waals surface area contributed by atoms with Gasteiger partial charge in [-0.15, -0.1) is 11.3 Å². The van der Waals surface area contributed by atoms with E-state index in [0.717, 1.165) is 11.3 Å². The topological polar surface area (TPSA) is 83.1 Å². The first-order chi connectivity index (χ1) is 10.5. The van der Waals surface area contributed by atoms with Gasteiger partial charge in [-0.3, -0.25) is 4.79 Å². The van der Waals surface area contributed by atoms with Crippen LogP contribution in [0, 0.1) is 12.7 Å². The summed E-state index contributed by atoms with van der Waals surface area (Å²) in [7, 11) is 0. The molecule has 8 heteroatoms. The molecule has 0 saturated heterocycles. The van der Waals surface area contributed by atoms with Gasteiger partial charge in [0, 0.05) is 11.9 Å². The van der Waals surface area contributed by atoms with Gasteiger partial charge in [-0.25, -0.2) is 14.2 Å². The molecule has 0 bridgehead atoms. The van der Waals surface area contributed by atoms with Gasteiger partial charge in [0.05, 0.1) is 12.2 Å². The Morgan fingerprint density at radius 3 is 2.59 bits per heavy atom. The van der Waals surface area contributed by atoms with E-state index in [0.29, 0.717) is 5.13 Å². The summed E-state index contributed by atoms with van der Waals surface area (Å²) < 4.78 is 12.7. The summed E-state index contributed by atoms with van der Waals surface area (Å²) >= 11 is 1.32. The Morgan fingerprint density at radius 1 is 1.23 bits per heavy atom. The van der Waals surface area contributed by atoms with E-state index in [1.165, 1.54) is 23.5 Å². The number of carbonyl (C=O) groups is 2. The fourth-order valence-corrected chi connectivity index (χ4v) is 2.29. The predicted octanol–water partition coefficient (Wildman–Crippen LogP) is 2.03. The molecule has 0 aliphatic heterocycles. The number of urea groups is 1. The molecule has 0 aliphatic carbocycles. The largest absolute Gasteiger partial charge is 0.334 e. The number of thiazole rings is 1. The zero-order chi connectivity index (χ0) is 15.9. The molecule has 0 fully saturated rings. The van der Waals surface area contributed by atoms with Crippen LogP contribution < -0.4 is 16.0 Å². The minimum Gasteiger partial charge on any atom is -0.334 e. The number of carbonyl (C=O) groups excluding carboxylic acids is 2. The number of hydrogen-bond donors (Lipinski definition) is 3. The van der Waals surface area contributed by atoms with Crippen LogP contribution in [0.15, 0.2) is 29.6 Å². The fraction of sp³-hybridized carbons (Fsp3) is 0.214. The van der Waals surface area contributed by atoms with Gasteiger partial charge in [-0.1, -0.05) is 12.1 Å². The molecule has 116 valence electrons. The second-order valence-corrected chi connectivity index (χ2v) is 5.36. The molecule has 0 atom stereocenters. The normalized spacial score (nSPS) is 10.1. The van der Waals surface area contributed by atoms with E-state index in [2.05, 4.69) is 20.9 Å². The monoisotopic (exact) mass is 322 g/mol. The van der Waals surface area contributed by atoms with Gasteiger partial charge in [-0.05, 0) is 24.6 Å². The molecule has 2 aromatic rings. The summed E-state index contributed by atoms with van der Waals surface area (Å²) in [5.74, 6) is -0.687. The maximum absolute atomic E-state index is 12.7. The minimum absolute atomic E-state index is 0.159. The molecule has 2 rings (SSSR count). The van der Waals surface area contributed by atoms with E-state index in [9.17, 15) is 14.0 Å². The van der Waals surface area contributed by atoms with Crippen molar-refractivity contribution in [2.45, 2.75) is 13.5 Å². The molecule has 1 aromatic carbocycles. The third-order valence-corrected chi connectivity index (χ3v) is 3.52. The number of aryl methyl sites for hydroxylation is 1. The Bertz CT molecular complexity index is 657. The molecule has 0 radical (unpaired) electrons. The first-order valence-corrected chi connectivity index (χ1v) is 7.39. The number of aromatic nitrogens is 1. The summed E-state index contributed by atoms with van der Waals surface area (Å²) in [5.41, 5.74) is 1.59. The summed E-state index contributed by atoms with van der Waals surface area (Å²) in [6.07, 6.45) is 0. The van der Waals surface area contributed by atoms with Crippen LogP contribution in [0.2, 0.25) is 0 Å². The van der Waals surface area contributed by atoms with Crippen LogP contribution in [0.5, 0.6) is 0 Å². The molecule has 0 saturated carbocycles. The molecule has 0 spiro atoms. The van der Waals surface area contributed by atoms with Crippen molar-refractivity contribution in [3.8, 4) is 0 Å². The van der Waals surface area contributed by atoms with Gasteiger partial charge in [0.25, 0.3) is 0 Å². The Morgan fingerprint density at radius 2 is 1.95 bits per heavy atom. The van der Waals surface area contributed by atoms with Crippen molar-refractivity contribution in [3.05, 3.63) is 46.7 Å². The predicted molar refractivity (Wildman–Crippen MR) is 82.1 cm³/mol.